The molecule has 1 saturated heterocycles. The summed E-state index contributed by atoms with van der Waals surface area (Å²) >= 11 is 0. The van der Waals surface area contributed by atoms with Crippen LogP contribution in [0.2, 0.25) is 0 Å². The van der Waals surface area contributed by atoms with Crippen LogP contribution in [0.25, 0.3) is 0 Å². The fraction of sp³-hybridized carbons (Fsp3) is 0.642. The molecule has 0 aliphatic carbocycles. The summed E-state index contributed by atoms with van der Waals surface area (Å²) in [7, 11) is 8.34. The van der Waals surface area contributed by atoms with Gasteiger partial charge >= 0.3 is 0 Å². The van der Waals surface area contributed by atoms with Gasteiger partial charge in [-0.3, -0.25) is 43.3 Å². The molecule has 1 heterocycles. The highest BCUT2D eigenvalue weighted by molar-refractivity contribution is 5.97. The van der Waals surface area contributed by atoms with E-state index in [1.165, 1.54) is 14.2 Å². The second kappa shape index (κ2) is 29.3. The first kappa shape index (κ1) is 60.8. The summed E-state index contributed by atoms with van der Waals surface area (Å²) < 4.78 is 12.1. The van der Waals surface area contributed by atoms with Crippen LogP contribution in [0, 0.1) is 23.7 Å². The third-order valence-corrected chi connectivity index (χ3v) is 14.0. The van der Waals surface area contributed by atoms with Gasteiger partial charge in [0, 0.05) is 39.9 Å². The molecule has 1 fully saturated rings. The van der Waals surface area contributed by atoms with Crippen molar-refractivity contribution >= 4 is 47.0 Å². The van der Waals surface area contributed by atoms with Crippen molar-refractivity contribution in [1.82, 2.24) is 36.1 Å². The lowest BCUT2D eigenvalue weighted by molar-refractivity contribution is -0.148. The van der Waals surface area contributed by atoms with Crippen molar-refractivity contribution in [3.63, 3.8) is 0 Å². The van der Waals surface area contributed by atoms with Crippen molar-refractivity contribution in [2.24, 2.45) is 29.4 Å². The van der Waals surface area contributed by atoms with Gasteiger partial charge in [0.1, 0.15) is 18.1 Å². The van der Waals surface area contributed by atoms with Crippen molar-refractivity contribution in [1.29, 1.82) is 0 Å². The smallest absolute Gasteiger partial charge is 0.266 e. The van der Waals surface area contributed by atoms with Crippen molar-refractivity contribution in [3.8, 4) is 0 Å². The number of nitrogens with zero attached hydrogens (tertiary/aromatic N) is 3. The molecule has 0 bridgehead atoms. The normalized spacial score (nSPS) is 17.9. The molecule has 2 aromatic rings. The molecule has 3 rings (SSSR count). The number of methoxy groups -OCH3 is 2. The van der Waals surface area contributed by atoms with Crippen LogP contribution in [0.4, 0.5) is 5.69 Å². The molecular weight excluding hydrogens is 923 g/mol. The van der Waals surface area contributed by atoms with Crippen LogP contribution in [-0.2, 0) is 60.9 Å². The second-order valence-electron chi connectivity index (χ2n) is 20.2. The summed E-state index contributed by atoms with van der Waals surface area (Å²) in [5.74, 6) is -3.78. The number of carbonyl (C=O) groups excluding carboxylic acids is 7. The van der Waals surface area contributed by atoms with Crippen LogP contribution in [-0.4, -0.2) is 152 Å². The fourth-order valence-electron chi connectivity index (χ4n) is 8.78. The highest BCUT2D eigenvalue weighted by Gasteiger charge is 2.43. The minimum absolute atomic E-state index is 0.0269. The molecule has 7 N–H and O–H groups in total. The zero-order valence-corrected chi connectivity index (χ0v) is 45.2. The standard InChI is InChI=1S/C53H85N9O10/c1-15-33(6)46(61(12)53(69)45(32(4)5)58-50(66)36(9)60(10)11)42(70-13)29-43(63)62-27-19-22-41(62)47(71-14)34(7)48(64)57-40(28-37-20-17-16-18-21-37)51(67)59-72-30-38-23-25-39(26-24-38)56-49(65)35(8)55-52(68)44(54)31(2)3/h16-18,20-21,23-26,31-36,40-42,44-47H,15,19,22,27-30,54H2,1-14H3,(H,55,68)(H,56,65)(H,57,64)(H,58,66)(H,59,67)/t33-,34+,35+,36-,40-,41-,42+,44+,45-,46-,47+/m0/s1. The van der Waals surface area contributed by atoms with E-state index >= 15 is 0 Å². The Hall–Kier alpha value is -5.47. The van der Waals surface area contributed by atoms with E-state index in [0.29, 0.717) is 37.1 Å². The average Bonchev–Trinajstić information content (AvgIpc) is 3.84. The average molecular weight is 1010 g/mol. The summed E-state index contributed by atoms with van der Waals surface area (Å²) in [6.07, 6.45) is 0.644. The molecule has 2 aromatic carbocycles. The third-order valence-electron chi connectivity index (χ3n) is 14.0. The Morgan fingerprint density at radius 3 is 1.94 bits per heavy atom. The van der Waals surface area contributed by atoms with Crippen molar-refractivity contribution < 1.29 is 47.9 Å². The molecule has 19 nitrogen and oxygen atoms in total. The molecule has 11 atom stereocenters. The van der Waals surface area contributed by atoms with Crippen LogP contribution in [0.15, 0.2) is 54.6 Å². The number of benzene rings is 2. The number of rotatable bonds is 28. The Morgan fingerprint density at radius 2 is 1.39 bits per heavy atom. The quantitative estimate of drug-likeness (QED) is 0.0673. The number of nitrogens with one attached hydrogen (secondary N) is 5. The van der Waals surface area contributed by atoms with Crippen LogP contribution < -0.4 is 32.5 Å². The lowest BCUT2D eigenvalue weighted by Gasteiger charge is -2.41. The lowest BCUT2D eigenvalue weighted by Crippen LogP contribution is -2.59. The molecule has 7 amide bonds. The van der Waals surface area contributed by atoms with Gasteiger partial charge in [0.25, 0.3) is 5.91 Å². The van der Waals surface area contributed by atoms with Gasteiger partial charge in [0.15, 0.2) is 0 Å². The molecule has 0 saturated carbocycles. The van der Waals surface area contributed by atoms with Gasteiger partial charge in [-0.05, 0) is 81.8 Å². The van der Waals surface area contributed by atoms with Crippen LogP contribution in [0.5, 0.6) is 0 Å². The second-order valence-corrected chi connectivity index (χ2v) is 20.2. The van der Waals surface area contributed by atoms with E-state index in [1.807, 2.05) is 71.9 Å². The molecule has 402 valence electrons. The van der Waals surface area contributed by atoms with Crippen LogP contribution in [0.3, 0.4) is 0 Å². The maximum atomic E-state index is 14.4. The number of anilines is 1. The number of carbonyl (C=O) groups is 7. The summed E-state index contributed by atoms with van der Waals surface area (Å²) in [5.41, 5.74) is 10.4. The third kappa shape index (κ3) is 17.3. The predicted octanol–water partition coefficient (Wildman–Crippen LogP) is 3.40. The summed E-state index contributed by atoms with van der Waals surface area (Å²) in [5, 5.41) is 11.3. The van der Waals surface area contributed by atoms with E-state index in [-0.39, 0.29) is 54.9 Å². The Balaban J connectivity index is 1.71. The van der Waals surface area contributed by atoms with Gasteiger partial charge in [-0.15, -0.1) is 0 Å². The monoisotopic (exact) mass is 1010 g/mol. The maximum absolute atomic E-state index is 14.4. The summed E-state index contributed by atoms with van der Waals surface area (Å²) in [4.78, 5) is 106. The summed E-state index contributed by atoms with van der Waals surface area (Å²) in [6, 6.07) is 11.2. The number of ether oxygens (including phenoxy) is 2. The first-order chi connectivity index (χ1) is 34.0. The number of amides is 7. The molecule has 19 heteroatoms. The van der Waals surface area contributed by atoms with Crippen molar-refractivity contribution in [3.05, 3.63) is 65.7 Å². The Morgan fingerprint density at radius 1 is 0.750 bits per heavy atom. The highest BCUT2D eigenvalue weighted by Crippen LogP contribution is 2.30. The lowest BCUT2D eigenvalue weighted by atomic mass is 9.89. The zero-order valence-electron chi connectivity index (χ0n) is 45.2. The van der Waals surface area contributed by atoms with Gasteiger partial charge in [-0.25, -0.2) is 5.48 Å². The number of likely N-dealkylation sites (tertiary alicyclic amines) is 1. The molecule has 0 radical (unpaired) electrons. The van der Waals surface area contributed by atoms with Crippen molar-refractivity contribution in [2.75, 3.05) is 47.2 Å². The summed E-state index contributed by atoms with van der Waals surface area (Å²) in [6.45, 7) is 16.9. The predicted molar refractivity (Wildman–Crippen MR) is 277 cm³/mol. The molecule has 0 unspecified atom stereocenters. The highest BCUT2D eigenvalue weighted by atomic mass is 16.7. The molecule has 1 aliphatic heterocycles. The van der Waals surface area contributed by atoms with Gasteiger partial charge in [0.2, 0.25) is 35.4 Å². The fourth-order valence-corrected chi connectivity index (χ4v) is 8.78. The van der Waals surface area contributed by atoms with E-state index in [1.54, 1.807) is 80.9 Å². The molecular formula is C53H85N9O10. The number of hydroxylamine groups is 1. The topological polar surface area (TPSA) is 243 Å². The maximum Gasteiger partial charge on any atom is 0.266 e. The first-order valence-corrected chi connectivity index (χ1v) is 25.3. The Labute approximate surface area is 427 Å². The SMILES string of the molecule is CC[C@H](C)[C@@H]([C@@H](CC(=O)N1CCC[C@H]1[C@H](OC)[C@@H](C)C(=O)N[C@@H](Cc1ccccc1)C(=O)NOCc1ccc(NC(=O)[C@@H](C)NC(=O)[C@H](N)C(C)C)cc1)OC)N(C)C(=O)[C@@H](NC(=O)[C@H](C)N(C)C)C(C)C. The number of hydrogen-bond donors (Lipinski definition) is 6. The Bertz CT molecular complexity index is 2070. The molecule has 0 spiro atoms. The van der Waals surface area contributed by atoms with E-state index in [4.69, 9.17) is 20.0 Å². The van der Waals surface area contributed by atoms with Gasteiger partial charge in [-0.2, -0.15) is 0 Å². The van der Waals surface area contributed by atoms with Gasteiger partial charge in [0.05, 0.1) is 55.3 Å². The van der Waals surface area contributed by atoms with Crippen LogP contribution in [0.1, 0.15) is 99.1 Å². The van der Waals surface area contributed by atoms with E-state index in [0.717, 1.165) is 5.56 Å². The first-order valence-electron chi connectivity index (χ1n) is 25.3. The minimum Gasteiger partial charge on any atom is -0.379 e. The van der Waals surface area contributed by atoms with Gasteiger partial charge in [-0.1, -0.05) is 97.4 Å². The van der Waals surface area contributed by atoms with E-state index in [9.17, 15) is 33.6 Å². The molecule has 72 heavy (non-hydrogen) atoms. The van der Waals surface area contributed by atoms with E-state index < -0.39 is 84.0 Å². The Kier molecular flexibility index (Phi) is 24.7. The van der Waals surface area contributed by atoms with Crippen LogP contribution >= 0.6 is 0 Å². The number of likely N-dealkylation sites (N-methyl/N-ethyl adjacent to an activating group) is 2. The number of nitrogens with two attached hydrogens (primary N) is 1. The van der Waals surface area contributed by atoms with E-state index in [2.05, 4.69) is 26.7 Å². The minimum atomic E-state index is -1.05. The number of hydrogen-bond acceptors (Lipinski definition) is 12. The van der Waals surface area contributed by atoms with Crippen molar-refractivity contribution in [2.45, 2.75) is 156 Å². The zero-order chi connectivity index (χ0) is 54.0. The molecule has 1 aliphatic rings. The largest absolute Gasteiger partial charge is 0.379 e. The van der Waals surface area contributed by atoms with Gasteiger partial charge < -0.3 is 46.3 Å². The molecule has 0 aromatic heterocycles.